The molecule has 14 heteroatoms. The minimum atomic E-state index is -1.50. The van der Waals surface area contributed by atoms with Crippen LogP contribution in [0.25, 0.3) is 6.08 Å². The fourth-order valence-electron chi connectivity index (χ4n) is 9.26. The Hall–Kier alpha value is -5.90. The molecule has 8 rings (SSSR count). The molecule has 0 aromatic heterocycles. The van der Waals surface area contributed by atoms with E-state index in [1.165, 1.54) is 5.06 Å². The molecule has 336 valence electrons. The van der Waals surface area contributed by atoms with Gasteiger partial charge in [0.15, 0.2) is 6.04 Å². The number of hydroxylamine groups is 2. The van der Waals surface area contributed by atoms with Gasteiger partial charge < -0.3 is 39.8 Å². The molecule has 4 aromatic rings. The van der Waals surface area contributed by atoms with Gasteiger partial charge in [0.05, 0.1) is 19.2 Å². The van der Waals surface area contributed by atoms with Crippen LogP contribution in [-0.4, -0.2) is 94.3 Å². The summed E-state index contributed by atoms with van der Waals surface area (Å²) in [6.45, 7) is 4.95. The number of phenolic OH excluding ortho intramolecular Hbond substituents is 1. The summed E-state index contributed by atoms with van der Waals surface area (Å²) < 4.78 is 25.5. The van der Waals surface area contributed by atoms with Crippen LogP contribution in [0, 0.1) is 5.41 Å². The number of carbonyl (C=O) groups excluding carboxylic acids is 4. The summed E-state index contributed by atoms with van der Waals surface area (Å²) in [5, 5.41) is 27.3. The molecule has 4 fully saturated rings. The normalized spacial score (nSPS) is 25.0. The number of hydrogen-bond donors (Lipinski definition) is 4. The molecular weight excluding hydrogens is 819 g/mol. The third-order valence-corrected chi connectivity index (χ3v) is 12.2. The second-order valence-electron chi connectivity index (χ2n) is 17.8. The van der Waals surface area contributed by atoms with E-state index in [9.17, 15) is 29.4 Å². The molecule has 7 atom stereocenters. The van der Waals surface area contributed by atoms with Crippen LogP contribution in [0.5, 0.6) is 5.75 Å². The highest BCUT2D eigenvalue weighted by Gasteiger charge is 2.76. The molecule has 0 spiro atoms. The maximum absolute atomic E-state index is 14.9. The number of allylic oxidation sites excluding steroid dienone is 1. The lowest BCUT2D eigenvalue weighted by atomic mass is 9.62. The SMILES string of the molecule is CC(C)(C)OC(=O)CC[C@@H](CO)NC(=O)CCNC(=O)[C@@]12C[C@H]3OC(=O)[C@@H]1N(Cc1ccc(C=CCc4ccccc4O)cc1)O[C@@H]2[C@H]1OC(c2ccccc2)(c2ccccc2)O[C@H]13. The first-order valence-corrected chi connectivity index (χ1v) is 21.8. The van der Waals surface area contributed by atoms with Gasteiger partial charge in [-0.3, -0.25) is 24.0 Å². The molecule has 4 aromatic carbocycles. The number of para-hydroxylation sites is 1. The zero-order valence-electron chi connectivity index (χ0n) is 36.2. The number of esters is 2. The molecule has 4 aliphatic rings. The summed E-state index contributed by atoms with van der Waals surface area (Å²) in [6.07, 6.45) is 1.06. The second-order valence-corrected chi connectivity index (χ2v) is 17.8. The molecule has 2 bridgehead atoms. The zero-order valence-corrected chi connectivity index (χ0v) is 36.2. The number of nitrogens with one attached hydrogen (secondary N) is 2. The Kier molecular flexibility index (Phi) is 13.0. The summed E-state index contributed by atoms with van der Waals surface area (Å²) in [6, 6.07) is 32.1. The maximum Gasteiger partial charge on any atom is 0.327 e. The third-order valence-electron chi connectivity index (χ3n) is 12.2. The van der Waals surface area contributed by atoms with E-state index >= 15 is 0 Å². The number of fused-ring (bicyclic) bond motifs is 4. The van der Waals surface area contributed by atoms with Crippen molar-refractivity contribution < 1.29 is 53.2 Å². The van der Waals surface area contributed by atoms with Gasteiger partial charge in [0.2, 0.25) is 17.6 Å². The van der Waals surface area contributed by atoms with Crippen molar-refractivity contribution in [2.24, 2.45) is 5.41 Å². The van der Waals surface area contributed by atoms with Crippen molar-refractivity contribution in [3.63, 3.8) is 0 Å². The highest BCUT2D eigenvalue weighted by atomic mass is 16.8. The first kappa shape index (κ1) is 44.7. The summed E-state index contributed by atoms with van der Waals surface area (Å²) in [5.41, 5.74) is 1.83. The number of rotatable bonds is 16. The maximum atomic E-state index is 14.9. The molecule has 64 heavy (non-hydrogen) atoms. The van der Waals surface area contributed by atoms with Gasteiger partial charge in [-0.05, 0) is 56.4 Å². The fraction of sp³-hybridized carbons (Fsp3) is 0.400. The molecule has 1 aliphatic carbocycles. The number of phenols is 1. The Morgan fingerprint density at radius 3 is 2.20 bits per heavy atom. The smallest absolute Gasteiger partial charge is 0.327 e. The first-order valence-electron chi connectivity index (χ1n) is 21.8. The zero-order chi connectivity index (χ0) is 45.1. The van der Waals surface area contributed by atoms with Crippen LogP contribution >= 0.6 is 0 Å². The monoisotopic (exact) mass is 873 g/mol. The van der Waals surface area contributed by atoms with Crippen LogP contribution in [0.3, 0.4) is 0 Å². The van der Waals surface area contributed by atoms with E-state index in [1.54, 1.807) is 32.9 Å². The average molecular weight is 874 g/mol. The molecular formula is C50H55N3O11. The third kappa shape index (κ3) is 9.19. The Morgan fingerprint density at radius 2 is 1.55 bits per heavy atom. The van der Waals surface area contributed by atoms with Gasteiger partial charge in [0.25, 0.3) is 0 Å². The van der Waals surface area contributed by atoms with Gasteiger partial charge in [0, 0.05) is 36.9 Å². The number of aromatic hydroxyl groups is 1. The quantitative estimate of drug-likeness (QED) is 0.108. The average Bonchev–Trinajstić information content (AvgIpc) is 3.86. The molecule has 0 radical (unpaired) electrons. The number of nitrogens with zero attached hydrogens (tertiary/aromatic N) is 1. The van der Waals surface area contributed by atoms with Crippen molar-refractivity contribution in [3.8, 4) is 5.75 Å². The molecule has 3 saturated heterocycles. The van der Waals surface area contributed by atoms with Gasteiger partial charge in [0.1, 0.15) is 41.2 Å². The number of hydrogen-bond acceptors (Lipinski definition) is 12. The Morgan fingerprint density at radius 1 is 0.891 bits per heavy atom. The van der Waals surface area contributed by atoms with Crippen molar-refractivity contribution in [2.75, 3.05) is 13.2 Å². The highest BCUT2D eigenvalue weighted by Crippen LogP contribution is 2.59. The molecule has 4 N–H and O–H groups in total. The van der Waals surface area contributed by atoms with Crippen LogP contribution < -0.4 is 10.6 Å². The van der Waals surface area contributed by atoms with E-state index in [-0.39, 0.29) is 51.1 Å². The number of aliphatic hydroxyl groups excluding tert-OH is 1. The Balaban J connectivity index is 1.03. The van der Waals surface area contributed by atoms with E-state index in [0.717, 1.165) is 27.8 Å². The predicted octanol–water partition coefficient (Wildman–Crippen LogP) is 5.24. The lowest BCUT2D eigenvalue weighted by Crippen LogP contribution is -2.69. The Bertz CT molecular complexity index is 2290. The van der Waals surface area contributed by atoms with E-state index in [0.29, 0.717) is 6.42 Å². The first-order chi connectivity index (χ1) is 30.8. The summed E-state index contributed by atoms with van der Waals surface area (Å²) in [5.74, 6) is -3.18. The van der Waals surface area contributed by atoms with Gasteiger partial charge in [-0.15, -0.1) is 0 Å². The van der Waals surface area contributed by atoms with Crippen LogP contribution in [0.15, 0.2) is 115 Å². The van der Waals surface area contributed by atoms with E-state index in [1.807, 2.05) is 109 Å². The van der Waals surface area contributed by atoms with Crippen molar-refractivity contribution in [2.45, 2.75) is 107 Å². The molecule has 1 saturated carbocycles. The predicted molar refractivity (Wildman–Crippen MR) is 234 cm³/mol. The molecule has 0 unspecified atom stereocenters. The molecule has 3 aliphatic heterocycles. The van der Waals surface area contributed by atoms with Crippen LogP contribution in [0.1, 0.15) is 74.3 Å². The summed E-state index contributed by atoms with van der Waals surface area (Å²) >= 11 is 0. The number of carbonyl (C=O) groups is 4. The topological polar surface area (TPSA) is 182 Å². The fourth-order valence-corrected chi connectivity index (χ4v) is 9.26. The molecule has 3 heterocycles. The molecule has 2 amide bonds. The minimum absolute atomic E-state index is 0.00439. The van der Waals surface area contributed by atoms with E-state index in [4.69, 9.17) is 23.8 Å². The summed E-state index contributed by atoms with van der Waals surface area (Å²) in [4.78, 5) is 61.4. The van der Waals surface area contributed by atoms with Crippen molar-refractivity contribution in [3.05, 3.63) is 143 Å². The number of ether oxygens (including phenoxy) is 4. The number of benzene rings is 4. The van der Waals surface area contributed by atoms with E-state index in [2.05, 4.69) is 10.6 Å². The van der Waals surface area contributed by atoms with Crippen molar-refractivity contribution in [1.29, 1.82) is 0 Å². The highest BCUT2D eigenvalue weighted by molar-refractivity contribution is 5.94. The van der Waals surface area contributed by atoms with Crippen LogP contribution in [0.4, 0.5) is 0 Å². The number of aliphatic hydroxyl groups is 1. The molecule has 14 nitrogen and oxygen atoms in total. The minimum Gasteiger partial charge on any atom is -0.508 e. The lowest BCUT2D eigenvalue weighted by molar-refractivity contribution is -0.213. The lowest BCUT2D eigenvalue weighted by Gasteiger charge is -2.48. The Labute approximate surface area is 372 Å². The second kappa shape index (κ2) is 18.7. The van der Waals surface area contributed by atoms with Gasteiger partial charge in [-0.25, -0.2) is 0 Å². The largest absolute Gasteiger partial charge is 0.508 e. The van der Waals surface area contributed by atoms with Crippen molar-refractivity contribution in [1.82, 2.24) is 15.7 Å². The van der Waals surface area contributed by atoms with Gasteiger partial charge in [-0.1, -0.05) is 115 Å². The summed E-state index contributed by atoms with van der Waals surface area (Å²) in [7, 11) is 0. The van der Waals surface area contributed by atoms with E-state index < -0.39 is 77.1 Å². The van der Waals surface area contributed by atoms with Crippen LogP contribution in [0.2, 0.25) is 0 Å². The number of amides is 2. The van der Waals surface area contributed by atoms with Gasteiger partial charge in [-0.2, -0.15) is 5.06 Å². The van der Waals surface area contributed by atoms with Crippen molar-refractivity contribution >= 4 is 29.8 Å². The van der Waals surface area contributed by atoms with Gasteiger partial charge >= 0.3 is 11.9 Å². The van der Waals surface area contributed by atoms with Crippen LogP contribution in [-0.2, 0) is 61.7 Å². The standard InChI is InChI=1S/C50H55N3O11/c1-48(2,3)61-41(57)26-25-37(31-54)52-40(56)27-28-51-47(59)49-29-39-42-43(63-50(62-42,35-16-6-4-7-17-35)36-18-8-5-9-19-36)45(49)64-53(44(49)46(58)60-39)30-33-23-21-32(22-24-33)13-12-15-34-14-10-11-20-38(34)55/h4-14,16-24,37,39,42-45,54-55H,15,25-31H2,1-3H3,(H,51,59)(H,52,56)/t37-,39+,42-,43-,44-,45+,49-/m0/s1.